The third-order valence-electron chi connectivity index (χ3n) is 23.1. The Morgan fingerprint density at radius 1 is 0.326 bits per heavy atom. The number of hydrogen-bond acceptors (Lipinski definition) is 9. The van der Waals surface area contributed by atoms with Gasteiger partial charge < -0.3 is 0 Å². The molecule has 9 heterocycles. The average molecular weight is 1880 g/mol. The average Bonchev–Trinajstić information content (AvgIpc) is 1.63. The Bertz CT molecular complexity index is 5700. The third-order valence-corrected chi connectivity index (χ3v) is 23.1. The topological polar surface area (TPSA) is 134 Å². The second-order valence-electron chi connectivity index (χ2n) is 30.7. The smallest absolute Gasteiger partial charge is 0.158 e. The van der Waals surface area contributed by atoms with Gasteiger partial charge in [0, 0.05) is 76.1 Å². The van der Waals surface area contributed by atoms with E-state index in [2.05, 4.69) is 201 Å². The molecule has 0 saturated carbocycles. The molecule has 0 radical (unpaired) electrons. The van der Waals surface area contributed by atoms with E-state index in [1.807, 2.05) is 265 Å². The number of nitrogens with zero attached hydrogens (tertiary/aromatic N) is 13. The van der Waals surface area contributed by atoms with Gasteiger partial charge in [-0.05, 0) is 284 Å². The van der Waals surface area contributed by atoms with E-state index in [4.69, 9.17) is 15.1 Å². The molecule has 0 fully saturated rings. The highest BCUT2D eigenvalue weighted by Crippen LogP contribution is 2.48. The summed E-state index contributed by atoms with van der Waals surface area (Å²) in [4.78, 5) is 22.8. The Hall–Kier alpha value is -10.8. The van der Waals surface area contributed by atoms with Crippen molar-refractivity contribution in [3.63, 3.8) is 0 Å². The number of allylic oxidation sites excluding steroid dienone is 6. The number of aryl methyl sites for hydroxylation is 8. The lowest BCUT2D eigenvalue weighted by Crippen LogP contribution is -2.14. The number of aromatic nitrogens is 13. The first-order valence-corrected chi connectivity index (χ1v) is 52.4. The van der Waals surface area contributed by atoms with Crippen LogP contribution in [0.2, 0.25) is 0 Å². The monoisotopic (exact) mass is 1880 g/mol. The van der Waals surface area contributed by atoms with Gasteiger partial charge in [-0.1, -0.05) is 369 Å². The zero-order chi connectivity index (χ0) is 99.1. The number of rotatable bonds is 8. The first kappa shape index (κ1) is 131. The molecule has 13 heteroatoms. The van der Waals surface area contributed by atoms with E-state index in [1.165, 1.54) is 169 Å². The Morgan fingerprint density at radius 2 is 0.725 bits per heavy atom. The van der Waals surface area contributed by atoms with E-state index in [1.54, 1.807) is 51.4 Å². The highest BCUT2D eigenvalue weighted by molar-refractivity contribution is 5.83. The van der Waals surface area contributed by atoms with Crippen molar-refractivity contribution in [3.8, 4) is 0 Å². The Balaban J connectivity index is -0.00000156. The fourth-order valence-electron chi connectivity index (χ4n) is 18.3. The molecule has 3 unspecified atom stereocenters. The molecule has 762 valence electrons. The van der Waals surface area contributed by atoms with E-state index < -0.39 is 0 Å². The lowest BCUT2D eigenvalue weighted by atomic mass is 9.80. The molecule has 0 saturated heterocycles. The molecule has 21 rings (SSSR count). The predicted octanol–water partition coefficient (Wildman–Crippen LogP) is 37.1. The number of para-hydroxylation sites is 1. The van der Waals surface area contributed by atoms with Crippen LogP contribution in [0.1, 0.15) is 409 Å². The maximum absolute atomic E-state index is 5.00. The summed E-state index contributed by atoms with van der Waals surface area (Å²) in [5.41, 5.74) is 40.2. The first-order valence-electron chi connectivity index (χ1n) is 52.4. The van der Waals surface area contributed by atoms with Crippen LogP contribution in [0.25, 0.3) is 50.2 Å². The SMILES string of the molecule is C.C.C.C.C.CC.CC.CC.CC.CC.CC.CC.CC.CC.CC.CC.CC.CC.CC.Cc1cc(C)n2nccc2n1.Cc1cc(CC2CCC3=C(C2)c2ccccc2C3)c2ccccc2n1.Cc1cc(CC2CCC3=C(C2)c2ccccc2C3)c2nccn2n1.Cc1cc(CC2CCC3=C(C2)c2ccccc2C3)n2nc3c(c2n1)CCCC3.Cc1cc(Cc2ccccc2)n2nccc2n1. The van der Waals surface area contributed by atoms with Crippen molar-refractivity contribution in [1.29, 1.82) is 0 Å². The molecule has 0 aliphatic heterocycles. The van der Waals surface area contributed by atoms with Crippen molar-refractivity contribution in [2.24, 2.45) is 17.8 Å². The summed E-state index contributed by atoms with van der Waals surface area (Å²) >= 11 is 0. The maximum atomic E-state index is 5.00. The summed E-state index contributed by atoms with van der Waals surface area (Å²) in [6.07, 6.45) is 31.3. The van der Waals surface area contributed by atoms with E-state index in [0.29, 0.717) is 11.8 Å². The lowest BCUT2D eigenvalue weighted by Gasteiger charge is -2.25. The van der Waals surface area contributed by atoms with Crippen LogP contribution < -0.4 is 0 Å². The second-order valence-corrected chi connectivity index (χ2v) is 30.7. The number of imidazole rings is 1. The maximum Gasteiger partial charge on any atom is 0.158 e. The molecule has 0 N–H and O–H groups in total. The van der Waals surface area contributed by atoms with Crippen molar-refractivity contribution in [3.05, 3.63) is 318 Å². The van der Waals surface area contributed by atoms with Crippen LogP contribution >= 0.6 is 0 Å². The van der Waals surface area contributed by atoms with Crippen LogP contribution in [0.5, 0.6) is 0 Å². The van der Waals surface area contributed by atoms with Crippen molar-refractivity contribution >= 4 is 50.2 Å². The molecule has 14 aromatic rings. The lowest BCUT2D eigenvalue weighted by molar-refractivity contribution is 0.466. The summed E-state index contributed by atoms with van der Waals surface area (Å²) in [7, 11) is 0. The fourth-order valence-corrected chi connectivity index (χ4v) is 18.3. The van der Waals surface area contributed by atoms with E-state index in [9.17, 15) is 0 Å². The Morgan fingerprint density at radius 3 is 1.22 bits per heavy atom. The van der Waals surface area contributed by atoms with Crippen LogP contribution in [-0.2, 0) is 57.8 Å². The minimum absolute atomic E-state index is 0. The zero-order valence-corrected chi connectivity index (χ0v) is 89.7. The molecule has 138 heavy (non-hydrogen) atoms. The van der Waals surface area contributed by atoms with Gasteiger partial charge in [-0.2, -0.15) is 20.4 Å². The number of benzene rings is 5. The Kier molecular flexibility index (Phi) is 69.8. The minimum atomic E-state index is 0. The molecule has 9 aromatic heterocycles. The summed E-state index contributed by atoms with van der Waals surface area (Å²) in [6, 6.07) is 60.7. The first-order chi connectivity index (χ1) is 65.4. The predicted molar refractivity (Wildman–Crippen MR) is 615 cm³/mol. The molecule has 13 nitrogen and oxygen atoms in total. The van der Waals surface area contributed by atoms with Gasteiger partial charge >= 0.3 is 0 Å². The summed E-state index contributed by atoms with van der Waals surface area (Å²) < 4.78 is 7.84. The minimum Gasteiger partial charge on any atom is -0.253 e. The van der Waals surface area contributed by atoms with Gasteiger partial charge in [0.05, 0.1) is 35.0 Å². The number of pyridine rings is 1. The van der Waals surface area contributed by atoms with Crippen LogP contribution in [-0.4, -0.2) is 63.4 Å². The van der Waals surface area contributed by atoms with Gasteiger partial charge in [-0.3, -0.25) is 4.98 Å². The molecule has 7 aliphatic rings. The number of fused-ring (bicyclic) bond motifs is 13. The highest BCUT2D eigenvalue weighted by atomic mass is 15.3. The molecule has 3 atom stereocenters. The molecule has 0 spiro atoms. The number of hydrogen-bond donors (Lipinski definition) is 0. The van der Waals surface area contributed by atoms with E-state index in [0.717, 1.165) is 100 Å². The van der Waals surface area contributed by atoms with Gasteiger partial charge in [0.15, 0.2) is 22.6 Å². The van der Waals surface area contributed by atoms with Crippen LogP contribution in [0.15, 0.2) is 211 Å². The highest BCUT2D eigenvalue weighted by Gasteiger charge is 2.32. The van der Waals surface area contributed by atoms with Crippen molar-refractivity contribution in [2.45, 2.75) is 401 Å². The second kappa shape index (κ2) is 73.4. The van der Waals surface area contributed by atoms with Gasteiger partial charge in [-0.15, -0.1) is 0 Å². The van der Waals surface area contributed by atoms with Crippen LogP contribution in [0.3, 0.4) is 0 Å². The molecular formula is C125H197N13. The van der Waals surface area contributed by atoms with Crippen molar-refractivity contribution in [1.82, 2.24) is 63.4 Å². The van der Waals surface area contributed by atoms with Gasteiger partial charge in [0.25, 0.3) is 0 Å². The third kappa shape index (κ3) is 35.5. The van der Waals surface area contributed by atoms with Crippen molar-refractivity contribution in [2.75, 3.05) is 0 Å². The molecule has 7 aliphatic carbocycles. The Labute approximate surface area is 845 Å². The van der Waals surface area contributed by atoms with E-state index in [-0.39, 0.29) is 37.1 Å². The van der Waals surface area contributed by atoms with Crippen LogP contribution in [0, 0.1) is 59.3 Å². The molecule has 5 aromatic carbocycles. The molecule has 0 bridgehead atoms. The largest absolute Gasteiger partial charge is 0.253 e. The van der Waals surface area contributed by atoms with Crippen molar-refractivity contribution < 1.29 is 0 Å². The summed E-state index contributed by atoms with van der Waals surface area (Å²) in [5, 5.41) is 19.3. The van der Waals surface area contributed by atoms with Crippen LogP contribution in [0.4, 0.5) is 0 Å². The van der Waals surface area contributed by atoms with Gasteiger partial charge in [0.1, 0.15) is 0 Å². The fraction of sp³-hybridized carbons (Fsp3) is 0.496. The standard InChI is InChI=1S/C25H27N3.C24H23N.C21H21N3.C14H13N3.C8H9N3.14C2H6.5CH4/c1-16-12-20(28-25(26-16)22-8-4-5-9-24(22)27-28)13-17-10-11-19-15-18-6-2-3-7-21(18)23(19)14-17;1-16-12-20(22-8-4-5-9-24(22)25-16)13-17-10-11-19-15-18-6-2-3-7-21(18)23(19)14-17;1-14-10-18(21-22-8-9-24(21)23-14)11-15-6-7-17-13-16-4-2-3-5-19(16)20(17)12-15;1-11-9-13(10-12-5-3-2-4-6-12)17-14(16-11)7-8-15-17;1-6-5-7(2)11-8(10-6)3-4-9-11;14*1-2;;;;;/h2-3,6-7,12,17H,4-5,8-11,13-15H2,1H3;2-9,12,17H,10-11,13-15H2,1H3;2-5,8-10,15H,6-7,11-13H2,1H3;2-9H,10H2,1H3;3-5H,1-2H3;14*1-2H3;5*1H4. The van der Waals surface area contributed by atoms with Gasteiger partial charge in [0.2, 0.25) is 0 Å². The van der Waals surface area contributed by atoms with E-state index >= 15 is 0 Å². The van der Waals surface area contributed by atoms with Gasteiger partial charge in [-0.25, -0.2) is 38.0 Å². The quantitative estimate of drug-likeness (QED) is 0.146. The zero-order valence-electron chi connectivity index (χ0n) is 89.7. The molecular weight excluding hydrogens is 1680 g/mol. The summed E-state index contributed by atoms with van der Waals surface area (Å²) in [6.45, 7) is 68.3. The molecule has 0 amide bonds. The summed E-state index contributed by atoms with van der Waals surface area (Å²) in [5.74, 6) is 2.16. The normalized spacial score (nSPS) is 13.9.